The summed E-state index contributed by atoms with van der Waals surface area (Å²) in [6.45, 7) is 2.90. The maximum Gasteiger partial charge on any atom is 0.328 e. The minimum atomic E-state index is -0.301. The Morgan fingerprint density at radius 3 is 2.11 bits per heavy atom. The Labute approximate surface area is 166 Å². The monoisotopic (exact) mass is 380 g/mol. The van der Waals surface area contributed by atoms with Gasteiger partial charge >= 0.3 is 5.69 Å². The van der Waals surface area contributed by atoms with E-state index in [2.05, 4.69) is 11.9 Å². The molecule has 0 bridgehead atoms. The molecule has 0 saturated heterocycles. The van der Waals surface area contributed by atoms with Crippen LogP contribution < -0.4 is 11.2 Å². The Morgan fingerprint density at radius 2 is 1.39 bits per heavy atom. The van der Waals surface area contributed by atoms with Gasteiger partial charge in [-0.2, -0.15) is 0 Å². The first-order chi connectivity index (χ1) is 13.7. The minimum Gasteiger partial charge on any atom is -0.293 e. The number of aromatic amines is 1. The number of H-pyrrole nitrogens is 1. The van der Waals surface area contributed by atoms with Crippen molar-refractivity contribution in [3.05, 3.63) is 57.2 Å². The second-order valence-corrected chi connectivity index (χ2v) is 7.78. The fraction of sp³-hybridized carbons (Fsp3) is 0.500. The number of nitrogens with zero attached hydrogens (tertiary/aromatic N) is 1. The molecule has 0 unspecified atom stereocenters. The van der Waals surface area contributed by atoms with E-state index in [4.69, 9.17) is 0 Å². The summed E-state index contributed by atoms with van der Waals surface area (Å²) in [5, 5.41) is 2.61. The molecule has 4 heteroatoms. The molecule has 28 heavy (non-hydrogen) atoms. The number of aryl methyl sites for hydroxylation is 1. The SMILES string of the molecule is CCCCCCCCCCCCn1c(=O)[nH]c(=O)c2ccc3ccccc3c21. The summed E-state index contributed by atoms with van der Waals surface area (Å²) in [6, 6.07) is 11.7. The van der Waals surface area contributed by atoms with E-state index in [9.17, 15) is 9.59 Å². The molecule has 0 aliphatic rings. The number of aromatic nitrogens is 2. The number of benzene rings is 2. The fourth-order valence-corrected chi connectivity index (χ4v) is 4.03. The number of hydrogen-bond acceptors (Lipinski definition) is 2. The summed E-state index contributed by atoms with van der Waals surface area (Å²) < 4.78 is 1.75. The van der Waals surface area contributed by atoms with Crippen molar-refractivity contribution in [2.75, 3.05) is 0 Å². The van der Waals surface area contributed by atoms with Crippen molar-refractivity contribution in [3.63, 3.8) is 0 Å². The lowest BCUT2D eigenvalue weighted by atomic mass is 10.1. The lowest BCUT2D eigenvalue weighted by Gasteiger charge is -2.12. The van der Waals surface area contributed by atoms with Crippen LogP contribution >= 0.6 is 0 Å². The maximum absolute atomic E-state index is 12.5. The Bertz CT molecular complexity index is 1020. The van der Waals surface area contributed by atoms with Crippen molar-refractivity contribution in [1.82, 2.24) is 9.55 Å². The molecule has 0 aliphatic carbocycles. The third-order valence-corrected chi connectivity index (χ3v) is 5.62. The van der Waals surface area contributed by atoms with E-state index < -0.39 is 0 Å². The molecule has 4 nitrogen and oxygen atoms in total. The molecule has 0 saturated carbocycles. The molecule has 3 rings (SSSR count). The van der Waals surface area contributed by atoms with Crippen LogP contribution in [0.15, 0.2) is 46.0 Å². The van der Waals surface area contributed by atoms with E-state index in [1.807, 2.05) is 36.4 Å². The average Bonchev–Trinajstić information content (AvgIpc) is 2.71. The predicted molar refractivity (Wildman–Crippen MR) is 118 cm³/mol. The standard InChI is InChI=1S/C24H32N2O2/c1-2-3-4-5-6-7-8-9-10-13-18-26-22-20-15-12-11-14-19(20)16-17-21(22)23(27)25-24(26)28/h11-12,14-17H,2-10,13,18H2,1H3,(H,25,27,28). The highest BCUT2D eigenvalue weighted by Crippen LogP contribution is 2.22. The van der Waals surface area contributed by atoms with Gasteiger partial charge in [0.05, 0.1) is 10.9 Å². The second-order valence-electron chi connectivity index (χ2n) is 7.78. The van der Waals surface area contributed by atoms with Gasteiger partial charge in [0, 0.05) is 11.9 Å². The number of fused-ring (bicyclic) bond motifs is 3. The van der Waals surface area contributed by atoms with Crippen LogP contribution in [0.5, 0.6) is 0 Å². The highest BCUT2D eigenvalue weighted by atomic mass is 16.2. The summed E-state index contributed by atoms with van der Waals surface area (Å²) in [7, 11) is 0. The van der Waals surface area contributed by atoms with E-state index in [1.54, 1.807) is 4.57 Å². The molecule has 3 aromatic rings. The smallest absolute Gasteiger partial charge is 0.293 e. The Balaban J connectivity index is 1.63. The lowest BCUT2D eigenvalue weighted by molar-refractivity contribution is 0.532. The molecule has 1 heterocycles. The molecule has 0 fully saturated rings. The highest BCUT2D eigenvalue weighted by molar-refractivity contribution is 6.05. The van der Waals surface area contributed by atoms with Gasteiger partial charge < -0.3 is 0 Å². The Kier molecular flexibility index (Phi) is 7.46. The third kappa shape index (κ3) is 4.92. The molecule has 0 spiro atoms. The van der Waals surface area contributed by atoms with Crippen LogP contribution in [0.1, 0.15) is 71.1 Å². The molecule has 0 radical (unpaired) electrons. The van der Waals surface area contributed by atoms with Crippen molar-refractivity contribution >= 4 is 21.7 Å². The Morgan fingerprint density at radius 1 is 0.750 bits per heavy atom. The minimum absolute atomic E-state index is 0.301. The van der Waals surface area contributed by atoms with Gasteiger partial charge in [-0.15, -0.1) is 0 Å². The van der Waals surface area contributed by atoms with Gasteiger partial charge in [0.2, 0.25) is 0 Å². The summed E-state index contributed by atoms with van der Waals surface area (Å²) >= 11 is 0. The van der Waals surface area contributed by atoms with Crippen LogP contribution in [-0.4, -0.2) is 9.55 Å². The molecule has 2 aromatic carbocycles. The Hall–Kier alpha value is -2.36. The van der Waals surface area contributed by atoms with Gasteiger partial charge in [-0.25, -0.2) is 4.79 Å². The van der Waals surface area contributed by atoms with E-state index in [1.165, 1.54) is 51.4 Å². The molecule has 0 atom stereocenters. The van der Waals surface area contributed by atoms with Crippen LogP contribution in [0.4, 0.5) is 0 Å². The molecule has 1 aromatic heterocycles. The fourth-order valence-electron chi connectivity index (χ4n) is 4.03. The quantitative estimate of drug-likeness (QED) is 0.339. The summed E-state index contributed by atoms with van der Waals surface area (Å²) in [4.78, 5) is 27.2. The first-order valence-electron chi connectivity index (χ1n) is 10.9. The molecule has 150 valence electrons. The summed E-state index contributed by atoms with van der Waals surface area (Å²) in [5.41, 5.74) is 0.164. The second kappa shape index (κ2) is 10.3. The predicted octanol–water partition coefficient (Wildman–Crippen LogP) is 5.76. The highest BCUT2D eigenvalue weighted by Gasteiger charge is 2.10. The largest absolute Gasteiger partial charge is 0.328 e. The number of nitrogens with one attached hydrogen (secondary N) is 1. The van der Waals surface area contributed by atoms with Crippen LogP contribution in [-0.2, 0) is 6.54 Å². The molecule has 0 amide bonds. The van der Waals surface area contributed by atoms with Gasteiger partial charge in [0.25, 0.3) is 5.56 Å². The first kappa shape index (κ1) is 20.4. The maximum atomic E-state index is 12.5. The van der Waals surface area contributed by atoms with E-state index in [0.29, 0.717) is 11.9 Å². The first-order valence-corrected chi connectivity index (χ1v) is 10.9. The number of rotatable bonds is 11. The topological polar surface area (TPSA) is 54.9 Å². The van der Waals surface area contributed by atoms with Crippen molar-refractivity contribution in [2.24, 2.45) is 0 Å². The average molecular weight is 381 g/mol. The zero-order chi connectivity index (χ0) is 19.8. The zero-order valence-corrected chi connectivity index (χ0v) is 17.0. The van der Waals surface area contributed by atoms with Crippen molar-refractivity contribution in [1.29, 1.82) is 0 Å². The van der Waals surface area contributed by atoms with Crippen molar-refractivity contribution in [2.45, 2.75) is 77.7 Å². The third-order valence-electron chi connectivity index (χ3n) is 5.62. The zero-order valence-electron chi connectivity index (χ0n) is 17.0. The van der Waals surface area contributed by atoms with Crippen LogP contribution in [0.25, 0.3) is 21.7 Å². The molecular formula is C24H32N2O2. The molecule has 0 aliphatic heterocycles. The van der Waals surface area contributed by atoms with Crippen LogP contribution in [0.2, 0.25) is 0 Å². The summed E-state index contributed by atoms with van der Waals surface area (Å²) in [5.74, 6) is 0. The number of hydrogen-bond donors (Lipinski definition) is 1. The van der Waals surface area contributed by atoms with Gasteiger partial charge in [0.1, 0.15) is 0 Å². The van der Waals surface area contributed by atoms with Gasteiger partial charge in [0.15, 0.2) is 0 Å². The normalized spacial score (nSPS) is 11.5. The van der Waals surface area contributed by atoms with Crippen LogP contribution in [0, 0.1) is 0 Å². The van der Waals surface area contributed by atoms with Crippen LogP contribution in [0.3, 0.4) is 0 Å². The number of unbranched alkanes of at least 4 members (excludes halogenated alkanes) is 9. The van der Waals surface area contributed by atoms with E-state index in [0.717, 1.165) is 29.1 Å². The van der Waals surface area contributed by atoms with Crippen molar-refractivity contribution in [3.8, 4) is 0 Å². The van der Waals surface area contributed by atoms with E-state index >= 15 is 0 Å². The lowest BCUT2D eigenvalue weighted by Crippen LogP contribution is -2.30. The molecule has 1 N–H and O–H groups in total. The van der Waals surface area contributed by atoms with Gasteiger partial charge in [-0.05, 0) is 17.9 Å². The van der Waals surface area contributed by atoms with E-state index in [-0.39, 0.29) is 11.2 Å². The molecular weight excluding hydrogens is 348 g/mol. The van der Waals surface area contributed by atoms with Gasteiger partial charge in [-0.3, -0.25) is 14.3 Å². The van der Waals surface area contributed by atoms with Gasteiger partial charge in [-0.1, -0.05) is 95.0 Å². The van der Waals surface area contributed by atoms with Crippen molar-refractivity contribution < 1.29 is 0 Å². The summed E-state index contributed by atoms with van der Waals surface area (Å²) in [6.07, 6.45) is 12.6.